The van der Waals surface area contributed by atoms with Crippen LogP contribution in [-0.2, 0) is 20.2 Å². The summed E-state index contributed by atoms with van der Waals surface area (Å²) in [6.07, 6.45) is 0.943. The van der Waals surface area contributed by atoms with E-state index in [2.05, 4.69) is 15.5 Å². The SMILES string of the molecule is O=S(=O)([O-])c1cccc(S(=O)(=O)O)c1-[n+]1cnn[nH]1. The quantitative estimate of drug-likeness (QED) is 0.498. The van der Waals surface area contributed by atoms with Gasteiger partial charge in [-0.05, 0) is 12.1 Å². The molecule has 0 spiro atoms. The third kappa shape index (κ3) is 2.60. The Bertz CT molecular complexity index is 761. The maximum atomic E-state index is 11.2. The molecule has 0 fully saturated rings. The van der Waals surface area contributed by atoms with Crippen molar-refractivity contribution in [2.24, 2.45) is 0 Å². The number of rotatable bonds is 3. The van der Waals surface area contributed by atoms with Crippen molar-refractivity contribution in [2.45, 2.75) is 9.79 Å². The van der Waals surface area contributed by atoms with E-state index in [9.17, 15) is 21.4 Å². The maximum Gasteiger partial charge on any atom is 0.298 e. The molecule has 0 unspecified atom stereocenters. The Morgan fingerprint density at radius 2 is 1.84 bits per heavy atom. The summed E-state index contributed by atoms with van der Waals surface area (Å²) in [5.41, 5.74) is -0.579. The highest BCUT2D eigenvalue weighted by atomic mass is 32.2. The number of H-pyrrole nitrogens is 1. The molecule has 0 bridgehead atoms. The summed E-state index contributed by atoms with van der Waals surface area (Å²) in [5, 5.41) is 8.74. The van der Waals surface area contributed by atoms with E-state index in [1.165, 1.54) is 0 Å². The minimum Gasteiger partial charge on any atom is -0.744 e. The summed E-state index contributed by atoms with van der Waals surface area (Å²) in [7, 11) is -9.71. The summed E-state index contributed by atoms with van der Waals surface area (Å²) >= 11 is 0. The van der Waals surface area contributed by atoms with Crippen LogP contribution >= 0.6 is 0 Å². The summed E-state index contributed by atoms with van der Waals surface area (Å²) < 4.78 is 65.7. The van der Waals surface area contributed by atoms with Gasteiger partial charge in [-0.2, -0.15) is 8.42 Å². The molecule has 12 heteroatoms. The van der Waals surface area contributed by atoms with Gasteiger partial charge < -0.3 is 4.55 Å². The van der Waals surface area contributed by atoms with E-state index in [1.54, 1.807) is 0 Å². The molecular formula is C7H6N4O6S2. The molecule has 0 aliphatic carbocycles. The van der Waals surface area contributed by atoms with Gasteiger partial charge in [0.15, 0.2) is 10.9 Å². The molecule has 0 radical (unpaired) electrons. The van der Waals surface area contributed by atoms with E-state index in [4.69, 9.17) is 4.55 Å². The van der Waals surface area contributed by atoms with Crippen LogP contribution in [0.4, 0.5) is 0 Å². The summed E-state index contributed by atoms with van der Waals surface area (Å²) in [4.78, 5) is -1.60. The van der Waals surface area contributed by atoms with Crippen LogP contribution in [0.1, 0.15) is 0 Å². The molecule has 1 aromatic carbocycles. The number of aromatic nitrogens is 4. The molecule has 0 atom stereocenters. The van der Waals surface area contributed by atoms with Gasteiger partial charge in [-0.15, -0.1) is 4.68 Å². The van der Waals surface area contributed by atoms with Crippen molar-refractivity contribution in [1.82, 2.24) is 15.5 Å². The second kappa shape index (κ2) is 4.34. The lowest BCUT2D eigenvalue weighted by Crippen LogP contribution is -2.36. The Balaban J connectivity index is 2.94. The first kappa shape index (κ1) is 13.5. The smallest absolute Gasteiger partial charge is 0.298 e. The molecule has 2 aromatic rings. The van der Waals surface area contributed by atoms with Crippen molar-refractivity contribution >= 4 is 20.2 Å². The fourth-order valence-electron chi connectivity index (χ4n) is 1.43. The number of para-hydroxylation sites is 1. The minimum absolute atomic E-state index is 0.579. The van der Waals surface area contributed by atoms with E-state index in [0.29, 0.717) is 0 Å². The number of benzene rings is 1. The summed E-state index contributed by atoms with van der Waals surface area (Å²) in [6.45, 7) is 0. The second-order valence-corrected chi connectivity index (χ2v) is 6.07. The van der Waals surface area contributed by atoms with Crippen LogP contribution < -0.4 is 4.68 Å². The van der Waals surface area contributed by atoms with Crippen LogP contribution in [-0.4, -0.2) is 41.5 Å². The molecule has 0 saturated heterocycles. The van der Waals surface area contributed by atoms with Gasteiger partial charge in [-0.1, -0.05) is 11.3 Å². The number of nitrogens with one attached hydrogen (secondary N) is 1. The molecule has 10 nitrogen and oxygen atoms in total. The van der Waals surface area contributed by atoms with Crippen LogP contribution in [0.15, 0.2) is 34.3 Å². The van der Waals surface area contributed by atoms with Gasteiger partial charge in [0, 0.05) is 0 Å². The van der Waals surface area contributed by atoms with Crippen LogP contribution in [0, 0.1) is 0 Å². The van der Waals surface area contributed by atoms with Crippen LogP contribution in [0.2, 0.25) is 0 Å². The van der Waals surface area contributed by atoms with Crippen molar-refractivity contribution < 1.29 is 30.6 Å². The lowest BCUT2D eigenvalue weighted by molar-refractivity contribution is -0.665. The average Bonchev–Trinajstić information content (AvgIpc) is 2.78. The van der Waals surface area contributed by atoms with Crippen LogP contribution in [0.5, 0.6) is 0 Å². The average molecular weight is 306 g/mol. The van der Waals surface area contributed by atoms with Crippen LogP contribution in [0.25, 0.3) is 5.69 Å². The van der Waals surface area contributed by atoms with Crippen molar-refractivity contribution in [2.75, 3.05) is 0 Å². The normalized spacial score (nSPS) is 12.5. The third-order valence-corrected chi connectivity index (χ3v) is 3.88. The predicted molar refractivity (Wildman–Crippen MR) is 55.7 cm³/mol. The number of aromatic amines is 1. The summed E-state index contributed by atoms with van der Waals surface area (Å²) in [5.74, 6) is 0. The van der Waals surface area contributed by atoms with Gasteiger partial charge in [0.2, 0.25) is 0 Å². The summed E-state index contributed by atoms with van der Waals surface area (Å²) in [6, 6.07) is 2.86. The Morgan fingerprint density at radius 3 is 2.32 bits per heavy atom. The fraction of sp³-hybridized carbons (Fsp3) is 0. The molecule has 102 valence electrons. The van der Waals surface area contributed by atoms with Gasteiger partial charge in [0.05, 0.1) is 4.90 Å². The Morgan fingerprint density at radius 1 is 1.21 bits per heavy atom. The predicted octanol–water partition coefficient (Wildman–Crippen LogP) is -1.77. The first-order valence-electron chi connectivity index (χ1n) is 4.56. The molecule has 0 aliphatic heterocycles. The minimum atomic E-state index is -4.96. The molecule has 0 aliphatic rings. The van der Waals surface area contributed by atoms with Crippen molar-refractivity contribution in [3.8, 4) is 5.69 Å². The van der Waals surface area contributed by atoms with Gasteiger partial charge in [-0.25, -0.2) is 8.42 Å². The van der Waals surface area contributed by atoms with Crippen molar-refractivity contribution in [3.63, 3.8) is 0 Å². The molecule has 1 aromatic heterocycles. The van der Waals surface area contributed by atoms with E-state index < -0.39 is 35.7 Å². The van der Waals surface area contributed by atoms with E-state index in [0.717, 1.165) is 29.2 Å². The van der Waals surface area contributed by atoms with E-state index in [1.807, 2.05) is 0 Å². The largest absolute Gasteiger partial charge is 0.744 e. The van der Waals surface area contributed by atoms with E-state index in [-0.39, 0.29) is 0 Å². The lowest BCUT2D eigenvalue weighted by atomic mass is 10.3. The molecule has 1 heterocycles. The molecule has 0 amide bonds. The molecule has 2 N–H and O–H groups in total. The highest BCUT2D eigenvalue weighted by Crippen LogP contribution is 2.22. The zero-order valence-corrected chi connectivity index (χ0v) is 10.6. The monoisotopic (exact) mass is 306 g/mol. The lowest BCUT2D eigenvalue weighted by Gasteiger charge is -2.12. The topological polar surface area (TPSA) is 157 Å². The molecule has 2 rings (SSSR count). The van der Waals surface area contributed by atoms with Gasteiger partial charge >= 0.3 is 0 Å². The van der Waals surface area contributed by atoms with Crippen molar-refractivity contribution in [1.29, 1.82) is 0 Å². The maximum absolute atomic E-state index is 11.2. The first-order valence-corrected chi connectivity index (χ1v) is 7.40. The number of hydrogen-bond acceptors (Lipinski definition) is 7. The molecule has 19 heavy (non-hydrogen) atoms. The first-order chi connectivity index (χ1) is 8.71. The second-order valence-electron chi connectivity index (χ2n) is 3.33. The molecular weight excluding hydrogens is 300 g/mol. The number of tetrazole rings is 1. The van der Waals surface area contributed by atoms with Crippen LogP contribution in [0.3, 0.4) is 0 Å². The number of hydrogen-bond donors (Lipinski definition) is 2. The van der Waals surface area contributed by atoms with Gasteiger partial charge in [0.25, 0.3) is 16.4 Å². The highest BCUT2D eigenvalue weighted by molar-refractivity contribution is 7.86. The standard InChI is InChI=1S/C7H6N4O6S2/c12-18(13,14)5-2-1-3-6(19(15,16)17)7(5)11-4-8-9-10-11/h1-4H,(H2,12,13,14,15,16,17). The van der Waals surface area contributed by atoms with E-state index >= 15 is 0 Å². The van der Waals surface area contributed by atoms with Crippen molar-refractivity contribution in [3.05, 3.63) is 24.5 Å². The molecule has 0 saturated carbocycles. The van der Waals surface area contributed by atoms with Gasteiger partial charge in [0.1, 0.15) is 20.1 Å². The zero-order valence-electron chi connectivity index (χ0n) is 8.96. The third-order valence-electron chi connectivity index (χ3n) is 2.13. The Kier molecular flexibility index (Phi) is 3.09. The Labute approximate surface area is 107 Å². The Hall–Kier alpha value is -1.89. The zero-order chi connectivity index (χ0) is 14.3. The van der Waals surface area contributed by atoms with Gasteiger partial charge in [-0.3, -0.25) is 4.55 Å². The number of nitrogens with zero attached hydrogens (tertiary/aromatic N) is 3. The highest BCUT2D eigenvalue weighted by Gasteiger charge is 2.26. The fourth-order valence-corrected chi connectivity index (χ4v) is 2.89.